The van der Waals surface area contributed by atoms with Gasteiger partial charge < -0.3 is 9.72 Å². The summed E-state index contributed by atoms with van der Waals surface area (Å²) >= 11 is 0. The third kappa shape index (κ3) is 3.04. The van der Waals surface area contributed by atoms with Crippen LogP contribution >= 0.6 is 0 Å². The Morgan fingerprint density at radius 1 is 1.33 bits per heavy atom. The highest BCUT2D eigenvalue weighted by Gasteiger charge is 2.21. The lowest BCUT2D eigenvalue weighted by molar-refractivity contribution is -0.135. The predicted octanol–water partition coefficient (Wildman–Crippen LogP) is 3.57. The van der Waals surface area contributed by atoms with Gasteiger partial charge in [0.15, 0.2) is 0 Å². The Labute approximate surface area is 140 Å². The first-order chi connectivity index (χ1) is 11.5. The average Bonchev–Trinajstić information content (AvgIpc) is 3.07. The smallest absolute Gasteiger partial charge is 0.312 e. The van der Waals surface area contributed by atoms with Gasteiger partial charge in [0.25, 0.3) is 0 Å². The number of nitrogens with one attached hydrogen (secondary N) is 1. The van der Waals surface area contributed by atoms with Crippen LogP contribution < -0.4 is 4.74 Å². The molecule has 2 heterocycles. The molecule has 0 amide bonds. The van der Waals surface area contributed by atoms with Crippen molar-refractivity contribution in [3.63, 3.8) is 0 Å². The molecule has 0 bridgehead atoms. The van der Waals surface area contributed by atoms with E-state index in [1.54, 1.807) is 4.68 Å². The summed E-state index contributed by atoms with van der Waals surface area (Å²) in [4.78, 5) is 19.9. The topological polar surface area (TPSA) is 72.8 Å². The number of carbonyl (C=O) groups excluding carboxylic acids is 1. The molecule has 2 aromatic heterocycles. The van der Waals surface area contributed by atoms with E-state index < -0.39 is 0 Å². The minimum absolute atomic E-state index is 0.242. The predicted molar refractivity (Wildman–Crippen MR) is 92.4 cm³/mol. The number of nitrogens with zero attached hydrogens (tertiary/aromatic N) is 3. The number of benzene rings is 1. The van der Waals surface area contributed by atoms with Gasteiger partial charge in [0, 0.05) is 12.0 Å². The number of imidazole rings is 1. The number of rotatable bonds is 5. The molecule has 24 heavy (non-hydrogen) atoms. The van der Waals surface area contributed by atoms with E-state index in [4.69, 9.17) is 4.74 Å². The normalized spacial score (nSPS) is 11.4. The van der Waals surface area contributed by atoms with Crippen LogP contribution in [0.25, 0.3) is 17.0 Å². The number of carbonyl (C=O) groups is 1. The summed E-state index contributed by atoms with van der Waals surface area (Å²) in [6.45, 7) is 7.91. The highest BCUT2D eigenvalue weighted by molar-refractivity contribution is 5.76. The number of hydrogen-bond acceptors (Lipinski definition) is 4. The molecule has 0 atom stereocenters. The van der Waals surface area contributed by atoms with E-state index in [1.807, 2.05) is 52.0 Å². The summed E-state index contributed by atoms with van der Waals surface area (Å²) in [5.74, 6) is 0.995. The van der Waals surface area contributed by atoms with Crippen LogP contribution in [-0.4, -0.2) is 25.7 Å². The van der Waals surface area contributed by atoms with Crippen molar-refractivity contribution < 1.29 is 9.53 Å². The quantitative estimate of drug-likeness (QED) is 0.728. The second kappa shape index (κ2) is 6.47. The van der Waals surface area contributed by atoms with Crippen LogP contribution in [0.3, 0.4) is 0 Å². The zero-order valence-corrected chi connectivity index (χ0v) is 14.5. The standard InChI is InChI=1S/C18H22N4O2/c1-5-13-12(4)21-22(17(13)24-16(23)10-11(2)3)18-19-14-8-6-7-9-15(14)20-18/h6-9,11H,5,10H2,1-4H3,(H,19,20). The van der Waals surface area contributed by atoms with E-state index in [9.17, 15) is 4.79 Å². The van der Waals surface area contributed by atoms with Crippen LogP contribution in [0, 0.1) is 12.8 Å². The Hall–Kier alpha value is -2.63. The monoisotopic (exact) mass is 326 g/mol. The van der Waals surface area contributed by atoms with Crippen molar-refractivity contribution in [1.29, 1.82) is 0 Å². The fraction of sp³-hybridized carbons (Fsp3) is 0.389. The van der Waals surface area contributed by atoms with Gasteiger partial charge in [-0.1, -0.05) is 32.9 Å². The summed E-state index contributed by atoms with van der Waals surface area (Å²) in [5, 5.41) is 4.52. The van der Waals surface area contributed by atoms with Crippen molar-refractivity contribution >= 4 is 17.0 Å². The van der Waals surface area contributed by atoms with Crippen LogP contribution in [0.5, 0.6) is 5.88 Å². The molecule has 126 valence electrons. The largest absolute Gasteiger partial charge is 0.407 e. The van der Waals surface area contributed by atoms with Crippen LogP contribution in [0.1, 0.15) is 38.4 Å². The van der Waals surface area contributed by atoms with Crippen molar-refractivity contribution in [3.05, 3.63) is 35.5 Å². The summed E-state index contributed by atoms with van der Waals surface area (Å²) in [6, 6.07) is 7.76. The fourth-order valence-electron chi connectivity index (χ4n) is 2.72. The first kappa shape index (κ1) is 16.2. The van der Waals surface area contributed by atoms with E-state index in [0.717, 1.165) is 28.7 Å². The van der Waals surface area contributed by atoms with Crippen molar-refractivity contribution in [3.8, 4) is 11.8 Å². The molecule has 0 radical (unpaired) electrons. The molecule has 0 saturated heterocycles. The maximum atomic E-state index is 12.2. The number of ether oxygens (including phenoxy) is 1. The number of aromatic nitrogens is 4. The van der Waals surface area contributed by atoms with E-state index in [2.05, 4.69) is 15.1 Å². The molecule has 1 N–H and O–H groups in total. The van der Waals surface area contributed by atoms with Crippen LogP contribution in [0.2, 0.25) is 0 Å². The fourth-order valence-corrected chi connectivity index (χ4v) is 2.72. The molecule has 0 aliphatic heterocycles. The van der Waals surface area contributed by atoms with Crippen LogP contribution in [0.4, 0.5) is 0 Å². The third-order valence-electron chi connectivity index (χ3n) is 3.85. The maximum Gasteiger partial charge on any atom is 0.312 e. The number of H-pyrrole nitrogens is 1. The second-order valence-corrected chi connectivity index (χ2v) is 6.28. The number of aromatic amines is 1. The molecule has 0 saturated carbocycles. The zero-order valence-electron chi connectivity index (χ0n) is 14.5. The molecule has 3 aromatic rings. The van der Waals surface area contributed by atoms with Crippen molar-refractivity contribution in [2.75, 3.05) is 0 Å². The average molecular weight is 326 g/mol. The van der Waals surface area contributed by atoms with Gasteiger partial charge in [0.2, 0.25) is 11.8 Å². The summed E-state index contributed by atoms with van der Waals surface area (Å²) in [7, 11) is 0. The Bertz CT molecular complexity index is 843. The van der Waals surface area contributed by atoms with Gasteiger partial charge in [-0.3, -0.25) is 4.79 Å². The summed E-state index contributed by atoms with van der Waals surface area (Å²) in [6.07, 6.45) is 1.10. The van der Waals surface area contributed by atoms with Crippen molar-refractivity contribution in [1.82, 2.24) is 19.7 Å². The second-order valence-electron chi connectivity index (χ2n) is 6.28. The number of esters is 1. The van der Waals surface area contributed by atoms with Crippen LogP contribution in [0.15, 0.2) is 24.3 Å². The van der Waals surface area contributed by atoms with Gasteiger partial charge >= 0.3 is 5.97 Å². The lowest BCUT2D eigenvalue weighted by Gasteiger charge is -2.09. The SMILES string of the molecule is CCc1c(C)nn(-c2nc3ccccc3[nH]2)c1OC(=O)CC(C)C. The van der Waals surface area contributed by atoms with E-state index >= 15 is 0 Å². The number of hydrogen-bond donors (Lipinski definition) is 1. The highest BCUT2D eigenvalue weighted by Crippen LogP contribution is 2.27. The molecule has 0 aliphatic carbocycles. The lowest BCUT2D eigenvalue weighted by atomic mass is 10.1. The highest BCUT2D eigenvalue weighted by atomic mass is 16.5. The van der Waals surface area contributed by atoms with Crippen molar-refractivity contribution in [2.24, 2.45) is 5.92 Å². The van der Waals surface area contributed by atoms with Gasteiger partial charge in [-0.05, 0) is 31.4 Å². The Morgan fingerprint density at radius 3 is 2.75 bits per heavy atom. The van der Waals surface area contributed by atoms with E-state index in [-0.39, 0.29) is 11.9 Å². The van der Waals surface area contributed by atoms with E-state index in [0.29, 0.717) is 18.2 Å². The minimum atomic E-state index is -0.253. The maximum absolute atomic E-state index is 12.2. The Morgan fingerprint density at radius 2 is 2.08 bits per heavy atom. The van der Waals surface area contributed by atoms with E-state index in [1.165, 1.54) is 0 Å². The molecule has 0 unspecified atom stereocenters. The molecule has 6 nitrogen and oxygen atoms in total. The lowest BCUT2D eigenvalue weighted by Crippen LogP contribution is -2.14. The Balaban J connectivity index is 2.05. The molecule has 0 fully saturated rings. The number of para-hydroxylation sites is 2. The summed E-state index contributed by atoms with van der Waals surface area (Å²) < 4.78 is 7.24. The first-order valence-corrected chi connectivity index (χ1v) is 8.23. The zero-order chi connectivity index (χ0) is 17.3. The van der Waals surface area contributed by atoms with Gasteiger partial charge in [-0.2, -0.15) is 9.78 Å². The molecule has 3 rings (SSSR count). The van der Waals surface area contributed by atoms with Crippen LogP contribution in [-0.2, 0) is 11.2 Å². The van der Waals surface area contributed by atoms with Crippen molar-refractivity contribution in [2.45, 2.75) is 40.5 Å². The van der Waals surface area contributed by atoms with Gasteiger partial charge in [-0.15, -0.1) is 0 Å². The Kier molecular flexibility index (Phi) is 4.38. The minimum Gasteiger partial charge on any atom is -0.407 e. The summed E-state index contributed by atoms with van der Waals surface area (Å²) in [5.41, 5.74) is 3.52. The molecular weight excluding hydrogens is 304 g/mol. The van der Waals surface area contributed by atoms with Gasteiger partial charge in [0.1, 0.15) is 0 Å². The number of fused-ring (bicyclic) bond motifs is 1. The van der Waals surface area contributed by atoms with Gasteiger partial charge in [0.05, 0.1) is 16.7 Å². The molecular formula is C18H22N4O2. The van der Waals surface area contributed by atoms with Gasteiger partial charge in [-0.25, -0.2) is 4.98 Å². The molecule has 0 spiro atoms. The first-order valence-electron chi connectivity index (χ1n) is 8.23. The molecule has 6 heteroatoms. The molecule has 0 aliphatic rings. The number of aryl methyl sites for hydroxylation is 1. The molecule has 1 aromatic carbocycles. The third-order valence-corrected chi connectivity index (χ3v) is 3.85.